The topological polar surface area (TPSA) is 32.3 Å². The molecule has 152 valence electrons. The zero-order valence-corrected chi connectivity index (χ0v) is 16.6. The van der Waals surface area contributed by atoms with Crippen LogP contribution in [0, 0.1) is 29.2 Å². The van der Waals surface area contributed by atoms with Gasteiger partial charge in [0.15, 0.2) is 23.3 Å². The maximum atomic E-state index is 13.8. The van der Waals surface area contributed by atoms with Crippen molar-refractivity contribution in [1.82, 2.24) is 4.31 Å². The Hall–Kier alpha value is -0.760. The molecule has 0 atom stereocenters. The molecule has 12 heteroatoms. The predicted octanol–water partition coefficient (Wildman–Crippen LogP) is 5.69. The molecule has 1 fully saturated rings. The SMILES string of the molecule is O=C(CCC1CCN(SI)CC1)Nc1c(F)c(F)c(C(F)(F)F)c(F)c1F. The van der Waals surface area contributed by atoms with E-state index in [2.05, 4.69) is 25.5 Å². The van der Waals surface area contributed by atoms with Crippen LogP contribution in [0.2, 0.25) is 0 Å². The first-order valence-electron chi connectivity index (χ1n) is 7.82. The van der Waals surface area contributed by atoms with E-state index in [0.29, 0.717) is 6.42 Å². The lowest BCUT2D eigenvalue weighted by atomic mass is 9.93. The molecule has 1 heterocycles. The lowest BCUT2D eigenvalue weighted by Crippen LogP contribution is -2.28. The van der Waals surface area contributed by atoms with E-state index in [1.54, 1.807) is 14.4 Å². The lowest BCUT2D eigenvalue weighted by molar-refractivity contribution is -0.143. The molecule has 1 N–H and O–H groups in total. The van der Waals surface area contributed by atoms with Gasteiger partial charge in [0.05, 0.1) is 0 Å². The molecule has 1 aromatic carbocycles. The molecule has 0 aromatic heterocycles. The number of carbonyl (C=O) groups excluding carboxylic acids is 1. The minimum Gasteiger partial charge on any atom is -0.321 e. The molecule has 0 spiro atoms. The highest BCUT2D eigenvalue weighted by Gasteiger charge is 2.42. The van der Waals surface area contributed by atoms with Crippen molar-refractivity contribution in [3.05, 3.63) is 28.8 Å². The van der Waals surface area contributed by atoms with Gasteiger partial charge in [-0.2, -0.15) is 13.2 Å². The fraction of sp³-hybridized carbons (Fsp3) is 0.533. The number of halogens is 8. The third-order valence-electron chi connectivity index (χ3n) is 4.26. The molecule has 0 aliphatic carbocycles. The average molecular weight is 530 g/mol. The average Bonchev–Trinajstić information content (AvgIpc) is 2.61. The van der Waals surface area contributed by atoms with Gasteiger partial charge in [-0.3, -0.25) is 4.79 Å². The van der Waals surface area contributed by atoms with Crippen molar-refractivity contribution in [1.29, 1.82) is 0 Å². The summed E-state index contributed by atoms with van der Waals surface area (Å²) in [5, 5.41) is 1.65. The molecular weight excluding hydrogens is 516 g/mol. The predicted molar refractivity (Wildman–Crippen MR) is 95.0 cm³/mol. The smallest absolute Gasteiger partial charge is 0.321 e. The molecule has 0 unspecified atom stereocenters. The quantitative estimate of drug-likeness (QED) is 0.230. The van der Waals surface area contributed by atoms with Crippen LogP contribution in [-0.4, -0.2) is 23.3 Å². The number of benzene rings is 1. The zero-order valence-electron chi connectivity index (χ0n) is 13.6. The fourth-order valence-corrected chi connectivity index (χ4v) is 4.32. The van der Waals surface area contributed by atoms with Crippen LogP contribution in [0.1, 0.15) is 31.2 Å². The molecule has 0 saturated carbocycles. The summed E-state index contributed by atoms with van der Waals surface area (Å²) < 4.78 is 94.4. The highest BCUT2D eigenvalue weighted by atomic mass is 127. The molecule has 1 amide bonds. The number of nitrogens with zero attached hydrogens (tertiary/aromatic N) is 1. The number of hydrogen-bond donors (Lipinski definition) is 1. The van der Waals surface area contributed by atoms with Gasteiger partial charge in [0.2, 0.25) is 5.91 Å². The van der Waals surface area contributed by atoms with Crippen LogP contribution >= 0.6 is 30.3 Å². The van der Waals surface area contributed by atoms with Crippen molar-refractivity contribution in [2.45, 2.75) is 31.9 Å². The Morgan fingerprint density at radius 2 is 1.59 bits per heavy atom. The minimum atomic E-state index is -5.62. The number of anilines is 1. The van der Waals surface area contributed by atoms with Crippen molar-refractivity contribution < 1.29 is 35.5 Å². The third kappa shape index (κ3) is 5.40. The molecule has 1 aromatic rings. The van der Waals surface area contributed by atoms with E-state index in [9.17, 15) is 35.5 Å². The standard InChI is InChI=1S/C15H14F7IN2OS/c16-10-9(15(20,21)22)11(17)13(19)14(12(10)18)24-8(26)2-1-7-3-5-25(27-23)6-4-7/h7H,1-6H2,(H,24,26). The Morgan fingerprint density at radius 3 is 2.04 bits per heavy atom. The van der Waals surface area contributed by atoms with Crippen LogP contribution in [0.25, 0.3) is 0 Å². The molecule has 3 nitrogen and oxygen atoms in total. The number of rotatable bonds is 5. The van der Waals surface area contributed by atoms with Crippen LogP contribution < -0.4 is 5.32 Å². The van der Waals surface area contributed by atoms with Crippen LogP contribution in [0.4, 0.5) is 36.4 Å². The summed E-state index contributed by atoms with van der Waals surface area (Å²) in [6.07, 6.45) is -3.78. The Kier molecular flexibility index (Phi) is 7.64. The van der Waals surface area contributed by atoms with Crippen molar-refractivity contribution in [2.75, 3.05) is 18.4 Å². The van der Waals surface area contributed by atoms with Crippen LogP contribution in [0.5, 0.6) is 0 Å². The van der Waals surface area contributed by atoms with Crippen molar-refractivity contribution in [3.63, 3.8) is 0 Å². The summed E-state index contributed by atoms with van der Waals surface area (Å²) in [5.41, 5.74) is -4.23. The first kappa shape index (κ1) is 22.5. The second-order valence-electron chi connectivity index (χ2n) is 6.03. The van der Waals surface area contributed by atoms with Gasteiger partial charge in [-0.1, -0.05) is 0 Å². The maximum Gasteiger partial charge on any atom is 0.422 e. The summed E-state index contributed by atoms with van der Waals surface area (Å²) in [7, 11) is 1.57. The Bertz CT molecular complexity index is 679. The van der Waals surface area contributed by atoms with Gasteiger partial charge in [0.25, 0.3) is 0 Å². The van der Waals surface area contributed by atoms with Gasteiger partial charge in [0.1, 0.15) is 11.3 Å². The second-order valence-corrected chi connectivity index (χ2v) is 7.87. The Labute approximate surface area is 166 Å². The Morgan fingerprint density at radius 1 is 1.07 bits per heavy atom. The first-order valence-corrected chi connectivity index (χ1v) is 11.1. The molecular formula is C15H14F7IN2OS. The third-order valence-corrected chi connectivity index (χ3v) is 6.49. The van der Waals surface area contributed by atoms with E-state index in [1.807, 2.05) is 0 Å². The summed E-state index contributed by atoms with van der Waals surface area (Å²) >= 11 is 2.15. The number of carbonyl (C=O) groups is 1. The number of amides is 1. The summed E-state index contributed by atoms with van der Waals surface area (Å²) in [6, 6.07) is 0. The van der Waals surface area contributed by atoms with E-state index in [-0.39, 0.29) is 12.3 Å². The van der Waals surface area contributed by atoms with E-state index < -0.39 is 46.6 Å². The van der Waals surface area contributed by atoms with Crippen LogP contribution in [0.3, 0.4) is 0 Å². The zero-order chi connectivity index (χ0) is 20.4. The van der Waals surface area contributed by atoms with Gasteiger partial charge >= 0.3 is 6.18 Å². The van der Waals surface area contributed by atoms with E-state index in [0.717, 1.165) is 25.9 Å². The van der Waals surface area contributed by atoms with Crippen LogP contribution in [0.15, 0.2) is 0 Å². The molecule has 1 saturated heterocycles. The number of piperidine rings is 1. The largest absolute Gasteiger partial charge is 0.422 e. The monoisotopic (exact) mass is 530 g/mol. The number of hydrogen-bond acceptors (Lipinski definition) is 3. The maximum absolute atomic E-state index is 13.8. The molecule has 2 rings (SSSR count). The van der Waals surface area contributed by atoms with Crippen LogP contribution in [-0.2, 0) is 11.0 Å². The van der Waals surface area contributed by atoms with Gasteiger partial charge in [-0.15, -0.1) is 0 Å². The second kappa shape index (κ2) is 9.16. The van der Waals surface area contributed by atoms with Crippen molar-refractivity contribution in [3.8, 4) is 0 Å². The Balaban J connectivity index is 2.06. The van der Waals surface area contributed by atoms with E-state index in [1.165, 1.54) is 0 Å². The molecule has 0 radical (unpaired) electrons. The number of nitrogens with one attached hydrogen (secondary N) is 1. The van der Waals surface area contributed by atoms with Gasteiger partial charge in [0, 0.05) is 40.7 Å². The lowest BCUT2D eigenvalue weighted by Gasteiger charge is -2.29. The van der Waals surface area contributed by atoms with Gasteiger partial charge in [-0.25, -0.2) is 21.9 Å². The van der Waals surface area contributed by atoms with E-state index >= 15 is 0 Å². The number of alkyl halides is 3. The molecule has 1 aliphatic heterocycles. The highest BCUT2D eigenvalue weighted by molar-refractivity contribution is 14.2. The fourth-order valence-electron chi connectivity index (χ4n) is 2.79. The molecule has 1 aliphatic rings. The van der Waals surface area contributed by atoms with Crippen molar-refractivity contribution >= 4 is 41.9 Å². The van der Waals surface area contributed by atoms with Crippen molar-refractivity contribution in [2.24, 2.45) is 5.92 Å². The summed E-state index contributed by atoms with van der Waals surface area (Å²) in [5.74, 6) is -10.5. The van der Waals surface area contributed by atoms with E-state index in [4.69, 9.17) is 0 Å². The highest BCUT2D eigenvalue weighted by Crippen LogP contribution is 2.38. The molecule has 0 bridgehead atoms. The minimum absolute atomic E-state index is 0.175. The normalized spacial score (nSPS) is 16.6. The van der Waals surface area contributed by atoms with Gasteiger partial charge < -0.3 is 5.32 Å². The summed E-state index contributed by atoms with van der Waals surface area (Å²) in [6.45, 7) is 1.64. The summed E-state index contributed by atoms with van der Waals surface area (Å²) in [4.78, 5) is 11.9. The first-order chi connectivity index (χ1) is 12.6. The van der Waals surface area contributed by atoms with Gasteiger partial charge in [-0.05, 0) is 34.3 Å². The molecule has 27 heavy (non-hydrogen) atoms.